The summed E-state index contributed by atoms with van der Waals surface area (Å²) in [5, 5.41) is 13.6. The molecule has 2 aliphatic heterocycles. The van der Waals surface area contributed by atoms with Crippen LogP contribution in [0.15, 0.2) is 48.8 Å². The first-order valence-corrected chi connectivity index (χ1v) is 14.3. The third kappa shape index (κ3) is 4.78. The van der Waals surface area contributed by atoms with Crippen molar-refractivity contribution < 1.29 is 4.79 Å². The van der Waals surface area contributed by atoms with Gasteiger partial charge in [-0.05, 0) is 75.3 Å². The first kappa shape index (κ1) is 24.9. The van der Waals surface area contributed by atoms with Crippen molar-refractivity contribution in [2.75, 3.05) is 44.2 Å². The van der Waals surface area contributed by atoms with Crippen LogP contribution in [0.5, 0.6) is 0 Å². The summed E-state index contributed by atoms with van der Waals surface area (Å²) in [6, 6.07) is 16.4. The number of piperazine rings is 1. The summed E-state index contributed by atoms with van der Waals surface area (Å²) in [7, 11) is 0. The van der Waals surface area contributed by atoms with Gasteiger partial charge in [-0.1, -0.05) is 24.3 Å². The van der Waals surface area contributed by atoms with Crippen LogP contribution in [0.3, 0.4) is 0 Å². The number of nitrogens with zero attached hydrogens (tertiary/aromatic N) is 6. The second-order valence-electron chi connectivity index (χ2n) is 11.6. The molecule has 198 valence electrons. The summed E-state index contributed by atoms with van der Waals surface area (Å²) in [5.41, 5.74) is 6.10. The van der Waals surface area contributed by atoms with Crippen LogP contribution >= 0.6 is 0 Å². The monoisotopic (exact) mass is 510 g/mol. The number of benzene rings is 1. The molecule has 3 aliphatic rings. The van der Waals surface area contributed by atoms with Crippen LogP contribution in [-0.2, 0) is 4.79 Å². The van der Waals surface area contributed by atoms with Gasteiger partial charge in [0.1, 0.15) is 0 Å². The second-order valence-corrected chi connectivity index (χ2v) is 11.6. The Labute approximate surface area is 225 Å². The lowest BCUT2D eigenvalue weighted by Gasteiger charge is -2.40. The van der Waals surface area contributed by atoms with E-state index < -0.39 is 0 Å². The SMILES string of the molecule is CC(C)N1CCC[C@H](c2ccc(-c3cc4c(N5CCN(C(=O)C6CC(C#N)C6)CC5)ccnn4c3)cc2)C1. The maximum absolute atomic E-state index is 12.8. The summed E-state index contributed by atoms with van der Waals surface area (Å²) in [6.07, 6.45) is 7.99. The molecule has 2 aromatic heterocycles. The molecule has 1 saturated carbocycles. The van der Waals surface area contributed by atoms with Crippen molar-refractivity contribution >= 4 is 17.1 Å². The largest absolute Gasteiger partial charge is 0.366 e. The Balaban J connectivity index is 1.14. The van der Waals surface area contributed by atoms with Gasteiger partial charge in [0.2, 0.25) is 5.91 Å². The van der Waals surface area contributed by atoms with Gasteiger partial charge < -0.3 is 14.7 Å². The molecule has 38 heavy (non-hydrogen) atoms. The van der Waals surface area contributed by atoms with Crippen molar-refractivity contribution in [3.8, 4) is 17.2 Å². The van der Waals surface area contributed by atoms with Gasteiger partial charge in [0.05, 0.1) is 17.3 Å². The Morgan fingerprint density at radius 3 is 2.50 bits per heavy atom. The van der Waals surface area contributed by atoms with Gasteiger partial charge >= 0.3 is 0 Å². The first-order chi connectivity index (χ1) is 18.5. The summed E-state index contributed by atoms with van der Waals surface area (Å²) in [6.45, 7) is 10.0. The Kier molecular flexibility index (Phi) is 6.84. The van der Waals surface area contributed by atoms with E-state index in [1.54, 1.807) is 0 Å². The van der Waals surface area contributed by atoms with E-state index in [0.29, 0.717) is 12.0 Å². The van der Waals surface area contributed by atoms with Crippen molar-refractivity contribution in [1.82, 2.24) is 19.4 Å². The van der Waals surface area contributed by atoms with Gasteiger partial charge in [-0.2, -0.15) is 10.4 Å². The van der Waals surface area contributed by atoms with Crippen LogP contribution < -0.4 is 4.90 Å². The molecule has 1 aromatic carbocycles. The maximum atomic E-state index is 12.8. The molecule has 1 amide bonds. The molecule has 3 aromatic rings. The van der Waals surface area contributed by atoms with Crippen LogP contribution in [0.25, 0.3) is 16.6 Å². The van der Waals surface area contributed by atoms with E-state index in [2.05, 4.69) is 77.4 Å². The van der Waals surface area contributed by atoms with Gasteiger partial charge in [0, 0.05) is 68.6 Å². The van der Waals surface area contributed by atoms with Gasteiger partial charge in [0.15, 0.2) is 0 Å². The number of fused-ring (bicyclic) bond motifs is 1. The van der Waals surface area contributed by atoms with E-state index in [-0.39, 0.29) is 17.7 Å². The van der Waals surface area contributed by atoms with Crippen LogP contribution in [0.2, 0.25) is 0 Å². The maximum Gasteiger partial charge on any atom is 0.225 e. The minimum absolute atomic E-state index is 0.0469. The second kappa shape index (κ2) is 10.4. The number of carbonyl (C=O) groups is 1. The molecular weight excluding hydrogens is 472 g/mol. The van der Waals surface area contributed by atoms with Gasteiger partial charge in [-0.25, -0.2) is 4.52 Å². The molecule has 4 heterocycles. The zero-order valence-electron chi connectivity index (χ0n) is 22.6. The number of rotatable bonds is 5. The number of likely N-dealkylation sites (tertiary alicyclic amines) is 1. The molecule has 0 radical (unpaired) electrons. The summed E-state index contributed by atoms with van der Waals surface area (Å²) >= 11 is 0. The van der Waals surface area contributed by atoms with Crippen molar-refractivity contribution in [1.29, 1.82) is 5.26 Å². The molecule has 3 fully saturated rings. The average Bonchev–Trinajstić information content (AvgIpc) is 3.37. The number of anilines is 1. The van der Waals surface area contributed by atoms with E-state index in [1.807, 2.05) is 15.6 Å². The van der Waals surface area contributed by atoms with E-state index in [0.717, 1.165) is 51.1 Å². The number of nitriles is 1. The predicted molar refractivity (Wildman–Crippen MR) is 150 cm³/mol. The molecule has 0 bridgehead atoms. The Morgan fingerprint density at radius 2 is 1.79 bits per heavy atom. The average molecular weight is 511 g/mol. The highest BCUT2D eigenvalue weighted by Crippen LogP contribution is 2.35. The molecule has 0 N–H and O–H groups in total. The number of piperidine rings is 1. The van der Waals surface area contributed by atoms with Crippen molar-refractivity contribution in [3.63, 3.8) is 0 Å². The Morgan fingerprint density at radius 1 is 1.03 bits per heavy atom. The van der Waals surface area contributed by atoms with Crippen LogP contribution in [0, 0.1) is 23.2 Å². The topological polar surface area (TPSA) is 67.9 Å². The zero-order chi connectivity index (χ0) is 26.2. The van der Waals surface area contributed by atoms with Gasteiger partial charge in [-0.15, -0.1) is 0 Å². The molecule has 0 unspecified atom stereocenters. The highest BCUT2D eigenvalue weighted by atomic mass is 16.2. The van der Waals surface area contributed by atoms with E-state index in [4.69, 9.17) is 5.26 Å². The lowest BCUT2D eigenvalue weighted by molar-refractivity contribution is -0.139. The molecule has 0 spiro atoms. The van der Waals surface area contributed by atoms with Crippen LogP contribution in [0.4, 0.5) is 5.69 Å². The fourth-order valence-electron chi connectivity index (χ4n) is 6.47. The molecule has 7 nitrogen and oxygen atoms in total. The third-order valence-electron chi connectivity index (χ3n) is 8.99. The minimum Gasteiger partial charge on any atom is -0.366 e. The third-order valence-corrected chi connectivity index (χ3v) is 8.99. The van der Waals surface area contributed by atoms with Crippen molar-refractivity contribution in [3.05, 3.63) is 54.4 Å². The number of aromatic nitrogens is 2. The normalized spacial score (nSPS) is 24.4. The lowest BCUT2D eigenvalue weighted by Crippen LogP contribution is -2.52. The van der Waals surface area contributed by atoms with E-state index in [9.17, 15) is 4.79 Å². The van der Waals surface area contributed by atoms with E-state index >= 15 is 0 Å². The lowest BCUT2D eigenvalue weighted by atomic mass is 9.75. The first-order valence-electron chi connectivity index (χ1n) is 14.3. The van der Waals surface area contributed by atoms with Crippen molar-refractivity contribution in [2.45, 2.75) is 51.5 Å². The standard InChI is InChI=1S/C31H38N6O/c1-22(2)36-11-3-4-26(20-36)24-5-7-25(8-6-24)28-18-30-29(9-10-33-37(30)21-28)34-12-14-35(15-13-34)31(38)27-16-23(17-27)19-32/h5-10,18,21-23,26-27H,3-4,11-17,20H2,1-2H3/t23?,26-,27?/m0/s1. The Hall–Kier alpha value is -3.37. The highest BCUT2D eigenvalue weighted by molar-refractivity contribution is 5.82. The summed E-state index contributed by atoms with van der Waals surface area (Å²) in [5.74, 6) is 0.960. The molecule has 1 atom stereocenters. The van der Waals surface area contributed by atoms with Gasteiger partial charge in [-0.3, -0.25) is 4.79 Å². The number of amides is 1. The fourth-order valence-corrected chi connectivity index (χ4v) is 6.47. The van der Waals surface area contributed by atoms with Gasteiger partial charge in [0.25, 0.3) is 0 Å². The smallest absolute Gasteiger partial charge is 0.225 e. The molecular formula is C31H38N6O. The summed E-state index contributed by atoms with van der Waals surface area (Å²) < 4.78 is 1.98. The molecule has 2 saturated heterocycles. The zero-order valence-corrected chi connectivity index (χ0v) is 22.6. The number of hydrogen-bond donors (Lipinski definition) is 0. The number of hydrogen-bond acceptors (Lipinski definition) is 5. The molecule has 7 heteroatoms. The molecule has 1 aliphatic carbocycles. The minimum atomic E-state index is 0.0469. The van der Waals surface area contributed by atoms with Crippen LogP contribution in [0.1, 0.15) is 51.0 Å². The quantitative estimate of drug-likeness (QED) is 0.494. The fraction of sp³-hybridized carbons (Fsp3) is 0.516. The van der Waals surface area contributed by atoms with Crippen LogP contribution in [-0.4, -0.2) is 70.6 Å². The highest BCUT2D eigenvalue weighted by Gasteiger charge is 2.37. The number of carbonyl (C=O) groups excluding carboxylic acids is 1. The molecule has 6 rings (SSSR count). The van der Waals surface area contributed by atoms with E-state index in [1.165, 1.54) is 41.8 Å². The Bertz CT molecular complexity index is 1320. The predicted octanol–water partition coefficient (Wildman–Crippen LogP) is 4.79. The summed E-state index contributed by atoms with van der Waals surface area (Å²) in [4.78, 5) is 19.8. The van der Waals surface area contributed by atoms with Crippen molar-refractivity contribution in [2.24, 2.45) is 11.8 Å².